The Labute approximate surface area is 136 Å². The molecule has 3 rings (SSSR count). The van der Waals surface area contributed by atoms with E-state index in [0.717, 1.165) is 48.6 Å². The average molecular weight is 314 g/mol. The number of methoxy groups -OCH3 is 2. The zero-order chi connectivity index (χ0) is 16.2. The lowest BCUT2D eigenvalue weighted by Gasteiger charge is -2.26. The number of nitrogens with one attached hydrogen (secondary N) is 1. The number of aromatic amines is 1. The lowest BCUT2D eigenvalue weighted by Crippen LogP contribution is -2.35. The van der Waals surface area contributed by atoms with E-state index in [1.807, 2.05) is 35.4 Å². The largest absolute Gasteiger partial charge is 0.496 e. The molecule has 1 aromatic carbocycles. The molecule has 0 radical (unpaired) electrons. The Morgan fingerprint density at radius 3 is 2.35 bits per heavy atom. The highest BCUT2D eigenvalue weighted by molar-refractivity contribution is 5.94. The number of amides is 1. The predicted molar refractivity (Wildman–Crippen MR) is 89.1 cm³/mol. The third-order valence-electron chi connectivity index (χ3n) is 4.27. The summed E-state index contributed by atoms with van der Waals surface area (Å²) < 4.78 is 10.9. The molecule has 0 unspecified atom stereocenters. The number of H-pyrrole nitrogens is 1. The van der Waals surface area contributed by atoms with Gasteiger partial charge in [0.15, 0.2) is 0 Å². The highest BCUT2D eigenvalue weighted by Crippen LogP contribution is 2.38. The second-order valence-corrected chi connectivity index (χ2v) is 5.69. The van der Waals surface area contributed by atoms with Crippen molar-refractivity contribution in [1.82, 2.24) is 9.88 Å². The first-order valence-electron chi connectivity index (χ1n) is 7.93. The van der Waals surface area contributed by atoms with E-state index in [1.165, 1.54) is 6.42 Å². The molecule has 0 aliphatic carbocycles. The van der Waals surface area contributed by atoms with Gasteiger partial charge in [-0.25, -0.2) is 0 Å². The van der Waals surface area contributed by atoms with Gasteiger partial charge in [0.25, 0.3) is 5.91 Å². The summed E-state index contributed by atoms with van der Waals surface area (Å²) >= 11 is 0. The fraction of sp³-hybridized carbons (Fsp3) is 0.389. The SMILES string of the molecule is COc1cccc(OC)c1-c1c[nH]c(C(=O)N2CCCCC2)c1. The van der Waals surface area contributed by atoms with Crippen molar-refractivity contribution in [3.8, 4) is 22.6 Å². The molecule has 0 saturated carbocycles. The Hall–Kier alpha value is -2.43. The Balaban J connectivity index is 1.91. The van der Waals surface area contributed by atoms with Gasteiger partial charge in [0.1, 0.15) is 17.2 Å². The summed E-state index contributed by atoms with van der Waals surface area (Å²) in [6.45, 7) is 1.68. The second-order valence-electron chi connectivity index (χ2n) is 5.69. The van der Waals surface area contributed by atoms with Crippen LogP contribution < -0.4 is 9.47 Å². The van der Waals surface area contributed by atoms with Crippen molar-refractivity contribution in [2.24, 2.45) is 0 Å². The minimum absolute atomic E-state index is 0.0600. The van der Waals surface area contributed by atoms with Gasteiger partial charge in [0, 0.05) is 24.8 Å². The summed E-state index contributed by atoms with van der Waals surface area (Å²) in [5.74, 6) is 1.51. The third-order valence-corrected chi connectivity index (χ3v) is 4.27. The van der Waals surface area contributed by atoms with Crippen LogP contribution in [0.1, 0.15) is 29.8 Å². The number of carbonyl (C=O) groups is 1. The third kappa shape index (κ3) is 3.04. The second kappa shape index (κ2) is 6.77. The van der Waals surface area contributed by atoms with Crippen molar-refractivity contribution in [3.05, 3.63) is 36.2 Å². The molecule has 2 aromatic rings. The Kier molecular flexibility index (Phi) is 4.55. The topological polar surface area (TPSA) is 54.6 Å². The fourth-order valence-electron chi connectivity index (χ4n) is 3.07. The monoisotopic (exact) mass is 314 g/mol. The molecule has 0 spiro atoms. The van der Waals surface area contributed by atoms with E-state index in [4.69, 9.17) is 9.47 Å². The van der Waals surface area contributed by atoms with Gasteiger partial charge in [-0.2, -0.15) is 0 Å². The predicted octanol–water partition coefficient (Wildman–Crippen LogP) is 3.33. The number of aromatic nitrogens is 1. The maximum absolute atomic E-state index is 12.6. The standard InChI is InChI=1S/C18H22N2O3/c1-22-15-7-6-8-16(23-2)17(15)13-11-14(19-12-13)18(21)20-9-4-3-5-10-20/h6-8,11-12,19H,3-5,9-10H2,1-2H3. The Bertz CT molecular complexity index is 665. The van der Waals surface area contributed by atoms with E-state index in [0.29, 0.717) is 5.69 Å². The van der Waals surface area contributed by atoms with Crippen LogP contribution in [0, 0.1) is 0 Å². The zero-order valence-electron chi connectivity index (χ0n) is 13.6. The summed E-state index contributed by atoms with van der Waals surface area (Å²) in [6.07, 6.45) is 5.20. The number of benzene rings is 1. The number of hydrogen-bond acceptors (Lipinski definition) is 3. The molecule has 5 nitrogen and oxygen atoms in total. The maximum Gasteiger partial charge on any atom is 0.270 e. The summed E-state index contributed by atoms with van der Waals surface area (Å²) in [5.41, 5.74) is 2.35. The number of piperidine rings is 1. The van der Waals surface area contributed by atoms with Crippen molar-refractivity contribution in [1.29, 1.82) is 0 Å². The normalized spacial score (nSPS) is 14.6. The first-order chi connectivity index (χ1) is 11.2. The van der Waals surface area contributed by atoms with E-state index in [9.17, 15) is 4.79 Å². The molecule has 1 fully saturated rings. The van der Waals surface area contributed by atoms with E-state index in [-0.39, 0.29) is 5.91 Å². The first-order valence-corrected chi connectivity index (χ1v) is 7.93. The zero-order valence-corrected chi connectivity index (χ0v) is 13.6. The number of nitrogens with zero attached hydrogens (tertiary/aromatic N) is 1. The van der Waals surface area contributed by atoms with Crippen LogP contribution in [0.3, 0.4) is 0 Å². The van der Waals surface area contributed by atoms with Gasteiger partial charge in [0.05, 0.1) is 19.8 Å². The lowest BCUT2D eigenvalue weighted by molar-refractivity contribution is 0.0719. The highest BCUT2D eigenvalue weighted by atomic mass is 16.5. The molecule has 23 heavy (non-hydrogen) atoms. The first kappa shape index (κ1) is 15.5. The molecule has 122 valence electrons. The van der Waals surface area contributed by atoms with Crippen molar-refractivity contribution >= 4 is 5.91 Å². The smallest absolute Gasteiger partial charge is 0.270 e. The van der Waals surface area contributed by atoms with E-state index in [1.54, 1.807) is 14.2 Å². The van der Waals surface area contributed by atoms with Crippen LogP contribution in [0.4, 0.5) is 0 Å². The van der Waals surface area contributed by atoms with Gasteiger partial charge in [0.2, 0.25) is 0 Å². The van der Waals surface area contributed by atoms with E-state index >= 15 is 0 Å². The lowest BCUT2D eigenvalue weighted by atomic mass is 10.1. The Morgan fingerprint density at radius 1 is 1.09 bits per heavy atom. The number of carbonyl (C=O) groups excluding carboxylic acids is 1. The number of rotatable bonds is 4. The van der Waals surface area contributed by atoms with Crippen molar-refractivity contribution in [2.75, 3.05) is 27.3 Å². The minimum Gasteiger partial charge on any atom is -0.496 e. The Morgan fingerprint density at radius 2 is 1.74 bits per heavy atom. The minimum atomic E-state index is 0.0600. The van der Waals surface area contributed by atoms with E-state index < -0.39 is 0 Å². The molecule has 2 heterocycles. The molecule has 1 aliphatic heterocycles. The summed E-state index contributed by atoms with van der Waals surface area (Å²) in [4.78, 5) is 17.6. The molecule has 1 N–H and O–H groups in total. The quantitative estimate of drug-likeness (QED) is 0.942. The molecule has 1 aromatic heterocycles. The number of hydrogen-bond donors (Lipinski definition) is 1. The molecular formula is C18H22N2O3. The van der Waals surface area contributed by atoms with Crippen molar-refractivity contribution in [2.45, 2.75) is 19.3 Å². The molecule has 5 heteroatoms. The van der Waals surface area contributed by atoms with Crippen LogP contribution in [-0.4, -0.2) is 43.1 Å². The van der Waals surface area contributed by atoms with Crippen LogP contribution in [0.5, 0.6) is 11.5 Å². The van der Waals surface area contributed by atoms with Gasteiger partial charge < -0.3 is 19.4 Å². The van der Waals surface area contributed by atoms with Crippen molar-refractivity contribution in [3.63, 3.8) is 0 Å². The van der Waals surface area contributed by atoms with Crippen LogP contribution in [0.15, 0.2) is 30.5 Å². The molecule has 1 amide bonds. The van der Waals surface area contributed by atoms with Gasteiger partial charge in [-0.15, -0.1) is 0 Å². The molecule has 1 saturated heterocycles. The number of likely N-dealkylation sites (tertiary alicyclic amines) is 1. The average Bonchev–Trinajstić information content (AvgIpc) is 3.10. The molecule has 1 aliphatic rings. The highest BCUT2D eigenvalue weighted by Gasteiger charge is 2.21. The molecule has 0 atom stereocenters. The number of ether oxygens (including phenoxy) is 2. The fourth-order valence-corrected chi connectivity index (χ4v) is 3.07. The van der Waals surface area contributed by atoms with Crippen LogP contribution in [0.2, 0.25) is 0 Å². The van der Waals surface area contributed by atoms with Gasteiger partial charge in [-0.3, -0.25) is 4.79 Å². The summed E-state index contributed by atoms with van der Waals surface area (Å²) in [7, 11) is 3.26. The maximum atomic E-state index is 12.6. The van der Waals surface area contributed by atoms with Crippen LogP contribution >= 0.6 is 0 Å². The molecular weight excluding hydrogens is 292 g/mol. The van der Waals surface area contributed by atoms with Crippen LogP contribution in [-0.2, 0) is 0 Å². The molecule has 0 bridgehead atoms. The summed E-state index contributed by atoms with van der Waals surface area (Å²) in [6, 6.07) is 7.53. The summed E-state index contributed by atoms with van der Waals surface area (Å²) in [5, 5.41) is 0. The van der Waals surface area contributed by atoms with Crippen molar-refractivity contribution < 1.29 is 14.3 Å². The van der Waals surface area contributed by atoms with Gasteiger partial charge in [-0.1, -0.05) is 6.07 Å². The van der Waals surface area contributed by atoms with E-state index in [2.05, 4.69) is 4.98 Å². The van der Waals surface area contributed by atoms with Crippen LogP contribution in [0.25, 0.3) is 11.1 Å². The van der Waals surface area contributed by atoms with Gasteiger partial charge in [-0.05, 0) is 37.5 Å². The van der Waals surface area contributed by atoms with Gasteiger partial charge >= 0.3 is 0 Å².